The Morgan fingerprint density at radius 3 is 2.29 bits per heavy atom. The number of methoxy groups -OCH3 is 1. The van der Waals surface area contributed by atoms with Crippen LogP contribution in [0, 0.1) is 5.92 Å². The van der Waals surface area contributed by atoms with E-state index in [0.717, 1.165) is 25.3 Å². The van der Waals surface area contributed by atoms with Crippen LogP contribution in [0.1, 0.15) is 71.5 Å². The molecular formula is C17H33N3O. The molecule has 0 aliphatic carbocycles. The standard InChI is InChI=1S/C17H33N3O/c1-6-10-14(11-7-2)16(18-12-8-3)17-15(21-5)13-19-20(17)9-4/h13-14,16,18H,6-12H2,1-5H3. The summed E-state index contributed by atoms with van der Waals surface area (Å²) >= 11 is 0. The highest BCUT2D eigenvalue weighted by atomic mass is 16.5. The van der Waals surface area contributed by atoms with E-state index in [1.807, 2.05) is 6.20 Å². The molecule has 1 unspecified atom stereocenters. The van der Waals surface area contributed by atoms with Gasteiger partial charge in [0.2, 0.25) is 0 Å². The van der Waals surface area contributed by atoms with E-state index in [4.69, 9.17) is 4.74 Å². The molecule has 0 aliphatic rings. The zero-order chi connectivity index (χ0) is 15.7. The highest BCUT2D eigenvalue weighted by Gasteiger charge is 2.27. The Labute approximate surface area is 130 Å². The SMILES string of the molecule is CCCNC(c1c(OC)cnn1CC)C(CCC)CCC. The molecule has 0 saturated heterocycles. The third kappa shape index (κ3) is 4.73. The van der Waals surface area contributed by atoms with E-state index in [0.29, 0.717) is 12.0 Å². The van der Waals surface area contributed by atoms with Gasteiger partial charge in [0.05, 0.1) is 25.0 Å². The minimum atomic E-state index is 0.335. The number of aromatic nitrogens is 2. The van der Waals surface area contributed by atoms with Crippen LogP contribution in [0.15, 0.2) is 6.20 Å². The summed E-state index contributed by atoms with van der Waals surface area (Å²) in [5.41, 5.74) is 1.22. The van der Waals surface area contributed by atoms with Crippen molar-refractivity contribution in [2.75, 3.05) is 13.7 Å². The van der Waals surface area contributed by atoms with Crippen molar-refractivity contribution >= 4 is 0 Å². The van der Waals surface area contributed by atoms with Crippen LogP contribution in [0.3, 0.4) is 0 Å². The first-order valence-electron chi connectivity index (χ1n) is 8.56. The first-order chi connectivity index (χ1) is 10.2. The topological polar surface area (TPSA) is 39.1 Å². The van der Waals surface area contributed by atoms with Crippen molar-refractivity contribution in [3.63, 3.8) is 0 Å². The fourth-order valence-electron chi connectivity index (χ4n) is 3.11. The average Bonchev–Trinajstić information content (AvgIpc) is 2.91. The van der Waals surface area contributed by atoms with Gasteiger partial charge < -0.3 is 10.1 Å². The maximum Gasteiger partial charge on any atom is 0.161 e. The summed E-state index contributed by atoms with van der Waals surface area (Å²) in [5, 5.41) is 8.24. The second-order valence-electron chi connectivity index (χ2n) is 5.68. The van der Waals surface area contributed by atoms with Crippen LogP contribution < -0.4 is 10.1 Å². The lowest BCUT2D eigenvalue weighted by Gasteiger charge is -2.29. The summed E-state index contributed by atoms with van der Waals surface area (Å²) < 4.78 is 7.66. The zero-order valence-electron chi connectivity index (χ0n) is 14.5. The molecule has 1 atom stereocenters. The molecule has 0 aliphatic heterocycles. The first kappa shape index (κ1) is 18.0. The Kier molecular flexibility index (Phi) is 8.43. The van der Waals surface area contributed by atoms with E-state index in [1.54, 1.807) is 7.11 Å². The Bertz CT molecular complexity index is 362. The van der Waals surface area contributed by atoms with Gasteiger partial charge >= 0.3 is 0 Å². The predicted molar refractivity (Wildman–Crippen MR) is 88.8 cm³/mol. The number of hydrogen-bond donors (Lipinski definition) is 1. The molecule has 1 aromatic rings. The molecule has 0 saturated carbocycles. The van der Waals surface area contributed by atoms with Gasteiger partial charge in [-0.1, -0.05) is 33.6 Å². The number of ether oxygens (including phenoxy) is 1. The first-order valence-corrected chi connectivity index (χ1v) is 8.56. The van der Waals surface area contributed by atoms with E-state index in [1.165, 1.54) is 31.4 Å². The number of hydrogen-bond acceptors (Lipinski definition) is 3. The summed E-state index contributed by atoms with van der Waals surface area (Å²) in [6, 6.07) is 0.335. The number of nitrogens with one attached hydrogen (secondary N) is 1. The second-order valence-corrected chi connectivity index (χ2v) is 5.68. The van der Waals surface area contributed by atoms with Gasteiger partial charge in [0.15, 0.2) is 5.75 Å². The Hall–Kier alpha value is -1.03. The van der Waals surface area contributed by atoms with Crippen molar-refractivity contribution in [2.45, 2.75) is 72.4 Å². The summed E-state index contributed by atoms with van der Waals surface area (Å²) in [4.78, 5) is 0. The van der Waals surface area contributed by atoms with E-state index in [-0.39, 0.29) is 0 Å². The molecule has 4 nitrogen and oxygen atoms in total. The van der Waals surface area contributed by atoms with Crippen molar-refractivity contribution in [3.8, 4) is 5.75 Å². The molecule has 1 heterocycles. The second kappa shape index (κ2) is 9.82. The van der Waals surface area contributed by atoms with E-state index in [2.05, 4.69) is 42.8 Å². The van der Waals surface area contributed by atoms with E-state index in [9.17, 15) is 0 Å². The van der Waals surface area contributed by atoms with Crippen molar-refractivity contribution in [3.05, 3.63) is 11.9 Å². The molecule has 122 valence electrons. The van der Waals surface area contributed by atoms with Crippen LogP contribution in [0.5, 0.6) is 5.75 Å². The smallest absolute Gasteiger partial charge is 0.161 e. The van der Waals surface area contributed by atoms with Crippen LogP contribution in [0.2, 0.25) is 0 Å². The van der Waals surface area contributed by atoms with Gasteiger partial charge in [-0.25, -0.2) is 0 Å². The molecule has 21 heavy (non-hydrogen) atoms. The van der Waals surface area contributed by atoms with Gasteiger partial charge in [-0.3, -0.25) is 4.68 Å². The highest BCUT2D eigenvalue weighted by molar-refractivity contribution is 5.29. The quantitative estimate of drug-likeness (QED) is 0.666. The summed E-state index contributed by atoms with van der Waals surface area (Å²) in [5.74, 6) is 1.56. The van der Waals surface area contributed by atoms with Gasteiger partial charge in [0.1, 0.15) is 0 Å². The van der Waals surface area contributed by atoms with Gasteiger partial charge in [-0.05, 0) is 38.6 Å². The molecule has 4 heteroatoms. The summed E-state index contributed by atoms with van der Waals surface area (Å²) in [6.45, 7) is 10.8. The van der Waals surface area contributed by atoms with Gasteiger partial charge in [0, 0.05) is 6.54 Å². The Morgan fingerprint density at radius 1 is 1.14 bits per heavy atom. The van der Waals surface area contributed by atoms with Crippen molar-refractivity contribution in [1.29, 1.82) is 0 Å². The van der Waals surface area contributed by atoms with Crippen LogP contribution in [-0.2, 0) is 6.54 Å². The summed E-state index contributed by atoms with van der Waals surface area (Å²) in [7, 11) is 1.74. The monoisotopic (exact) mass is 295 g/mol. The maximum atomic E-state index is 5.57. The van der Waals surface area contributed by atoms with Crippen molar-refractivity contribution in [2.24, 2.45) is 5.92 Å². The molecule has 1 rings (SSSR count). The normalized spacial score (nSPS) is 12.9. The minimum absolute atomic E-state index is 0.335. The number of aryl methyl sites for hydroxylation is 1. The maximum absolute atomic E-state index is 5.57. The fraction of sp³-hybridized carbons (Fsp3) is 0.824. The molecule has 0 amide bonds. The van der Waals surface area contributed by atoms with E-state index >= 15 is 0 Å². The van der Waals surface area contributed by atoms with Gasteiger partial charge in [-0.2, -0.15) is 5.10 Å². The summed E-state index contributed by atoms with van der Waals surface area (Å²) in [6.07, 6.45) is 7.92. The lowest BCUT2D eigenvalue weighted by Crippen LogP contribution is -2.31. The van der Waals surface area contributed by atoms with Crippen LogP contribution in [0.4, 0.5) is 0 Å². The zero-order valence-corrected chi connectivity index (χ0v) is 14.5. The fourth-order valence-corrected chi connectivity index (χ4v) is 3.11. The molecule has 0 fully saturated rings. The lowest BCUT2D eigenvalue weighted by atomic mass is 9.88. The molecule has 0 spiro atoms. The average molecular weight is 295 g/mol. The third-order valence-corrected chi connectivity index (χ3v) is 4.06. The third-order valence-electron chi connectivity index (χ3n) is 4.06. The number of rotatable bonds is 11. The molecular weight excluding hydrogens is 262 g/mol. The molecule has 1 N–H and O–H groups in total. The van der Waals surface area contributed by atoms with Crippen molar-refractivity contribution in [1.82, 2.24) is 15.1 Å². The number of nitrogens with zero attached hydrogens (tertiary/aromatic N) is 2. The van der Waals surface area contributed by atoms with E-state index < -0.39 is 0 Å². The molecule has 1 aromatic heterocycles. The van der Waals surface area contributed by atoms with Gasteiger partial charge in [0.25, 0.3) is 0 Å². The Morgan fingerprint density at radius 2 is 1.81 bits per heavy atom. The van der Waals surface area contributed by atoms with Crippen LogP contribution in [-0.4, -0.2) is 23.4 Å². The highest BCUT2D eigenvalue weighted by Crippen LogP contribution is 2.34. The Balaban J connectivity index is 3.12. The van der Waals surface area contributed by atoms with Gasteiger partial charge in [-0.15, -0.1) is 0 Å². The predicted octanol–water partition coefficient (Wildman–Crippen LogP) is 4.17. The van der Waals surface area contributed by atoms with Crippen molar-refractivity contribution < 1.29 is 4.74 Å². The largest absolute Gasteiger partial charge is 0.493 e. The molecule has 0 aromatic carbocycles. The minimum Gasteiger partial charge on any atom is -0.493 e. The van der Waals surface area contributed by atoms with Crippen LogP contribution >= 0.6 is 0 Å². The molecule has 0 radical (unpaired) electrons. The molecule has 0 bridgehead atoms. The van der Waals surface area contributed by atoms with Crippen LogP contribution in [0.25, 0.3) is 0 Å². The lowest BCUT2D eigenvalue weighted by molar-refractivity contribution is 0.291.